The Morgan fingerprint density at radius 2 is 1.65 bits per heavy atom. The summed E-state index contributed by atoms with van der Waals surface area (Å²) >= 11 is 2.28. The zero-order valence-corrected chi connectivity index (χ0v) is 18.5. The number of halogens is 1. The van der Waals surface area contributed by atoms with Gasteiger partial charge in [-0.05, 0) is 50.9 Å². The van der Waals surface area contributed by atoms with Gasteiger partial charge in [-0.1, -0.05) is 77.0 Å². The summed E-state index contributed by atoms with van der Waals surface area (Å²) in [5.74, 6) is 0.213. The second kappa shape index (κ2) is 10.4. The molecule has 2 aromatic rings. The first-order chi connectivity index (χ1) is 12.4. The third kappa shape index (κ3) is 7.00. The first-order valence-corrected chi connectivity index (χ1v) is 12.0. The smallest absolute Gasteiger partial charge is 0.179 e. The molecule has 0 aliphatic heterocycles. The summed E-state index contributed by atoms with van der Waals surface area (Å²) in [6.45, 7) is 5.08. The molecule has 1 unspecified atom stereocenters. The van der Waals surface area contributed by atoms with Gasteiger partial charge in [-0.2, -0.15) is 0 Å². The van der Waals surface area contributed by atoms with Gasteiger partial charge in [0.1, 0.15) is 0 Å². The fourth-order valence-electron chi connectivity index (χ4n) is 2.83. The van der Waals surface area contributed by atoms with Crippen molar-refractivity contribution < 1.29 is 8.42 Å². The van der Waals surface area contributed by atoms with E-state index in [0.717, 1.165) is 31.4 Å². The van der Waals surface area contributed by atoms with Crippen LogP contribution in [0.2, 0.25) is 0 Å². The molecule has 0 aliphatic rings. The molecule has 0 saturated carbocycles. The Kier molecular flexibility index (Phi) is 8.57. The van der Waals surface area contributed by atoms with E-state index in [-0.39, 0.29) is 9.68 Å². The number of hydrogen-bond acceptors (Lipinski definition) is 3. The molecule has 0 amide bonds. The molecule has 0 aliphatic carbocycles. The van der Waals surface area contributed by atoms with Gasteiger partial charge in [0.15, 0.2) is 9.84 Å². The van der Waals surface area contributed by atoms with Crippen molar-refractivity contribution in [1.82, 2.24) is 5.32 Å². The summed E-state index contributed by atoms with van der Waals surface area (Å²) in [7, 11) is -3.19. The Bertz CT molecular complexity index is 760. The number of alkyl halides is 1. The molecule has 3 nitrogen and oxygen atoms in total. The van der Waals surface area contributed by atoms with Crippen molar-refractivity contribution in [2.75, 3.05) is 12.3 Å². The Labute approximate surface area is 171 Å². The number of rotatable bonds is 10. The van der Waals surface area contributed by atoms with E-state index in [9.17, 15) is 8.42 Å². The Morgan fingerprint density at radius 1 is 1.00 bits per heavy atom. The minimum Gasteiger partial charge on any atom is -0.310 e. The van der Waals surface area contributed by atoms with Crippen molar-refractivity contribution in [3.8, 4) is 0 Å². The van der Waals surface area contributed by atoms with E-state index in [2.05, 4.69) is 59.1 Å². The average Bonchev–Trinajstić information content (AvgIpc) is 2.62. The largest absolute Gasteiger partial charge is 0.310 e. The van der Waals surface area contributed by atoms with Crippen LogP contribution in [0.1, 0.15) is 43.4 Å². The summed E-state index contributed by atoms with van der Waals surface area (Å²) in [5.41, 5.74) is 2.37. The summed E-state index contributed by atoms with van der Waals surface area (Å²) in [6.07, 6.45) is 3.01. The average molecular weight is 485 g/mol. The molecule has 2 atom stereocenters. The third-order valence-electron chi connectivity index (χ3n) is 4.47. The van der Waals surface area contributed by atoms with Crippen LogP contribution in [0, 0.1) is 6.92 Å². The first kappa shape index (κ1) is 21.4. The minimum atomic E-state index is -3.19. The molecule has 2 aromatic carbocycles. The van der Waals surface area contributed by atoms with Crippen LogP contribution in [0.15, 0.2) is 59.5 Å². The lowest BCUT2D eigenvalue weighted by molar-refractivity contribution is 0.538. The van der Waals surface area contributed by atoms with Gasteiger partial charge in [0.05, 0.1) is 10.6 Å². The van der Waals surface area contributed by atoms with Gasteiger partial charge in [-0.25, -0.2) is 8.42 Å². The number of unbranched alkanes of at least 4 members (excludes halogenated alkanes) is 1. The molecular formula is C21H28INO2S. The van der Waals surface area contributed by atoms with E-state index in [4.69, 9.17) is 0 Å². The lowest BCUT2D eigenvalue weighted by Gasteiger charge is -2.15. The molecule has 5 heteroatoms. The highest BCUT2D eigenvalue weighted by atomic mass is 127. The topological polar surface area (TPSA) is 46.2 Å². The summed E-state index contributed by atoms with van der Waals surface area (Å²) in [5, 5.41) is 3.53. The monoisotopic (exact) mass is 485 g/mol. The Balaban J connectivity index is 1.68. The molecule has 26 heavy (non-hydrogen) atoms. The van der Waals surface area contributed by atoms with Crippen LogP contribution in [0.4, 0.5) is 0 Å². The number of aryl methyl sites for hydroxylation is 1. The third-order valence-corrected chi connectivity index (χ3v) is 7.97. The predicted octanol–water partition coefficient (Wildman–Crippen LogP) is 5.09. The van der Waals surface area contributed by atoms with Gasteiger partial charge in [-0.15, -0.1) is 0 Å². The van der Waals surface area contributed by atoms with Crippen LogP contribution in [0.5, 0.6) is 0 Å². The number of sulfone groups is 1. The molecule has 142 valence electrons. The minimum absolute atomic E-state index is 0.144. The Morgan fingerprint density at radius 3 is 2.31 bits per heavy atom. The van der Waals surface area contributed by atoms with Crippen LogP contribution < -0.4 is 5.32 Å². The van der Waals surface area contributed by atoms with Gasteiger partial charge in [0.2, 0.25) is 0 Å². The number of nitrogens with one attached hydrogen (secondary N) is 1. The molecule has 2 rings (SSSR count). The van der Waals surface area contributed by atoms with Gasteiger partial charge < -0.3 is 5.32 Å². The fraction of sp³-hybridized carbons (Fsp3) is 0.429. The van der Waals surface area contributed by atoms with E-state index in [1.54, 1.807) is 12.1 Å². The molecule has 0 heterocycles. The lowest BCUT2D eigenvalue weighted by atomic mass is 10.1. The van der Waals surface area contributed by atoms with E-state index in [0.29, 0.717) is 10.9 Å². The van der Waals surface area contributed by atoms with Crippen molar-refractivity contribution in [2.45, 2.75) is 48.0 Å². The molecule has 0 fully saturated rings. The molecule has 0 radical (unpaired) electrons. The van der Waals surface area contributed by atoms with Crippen molar-refractivity contribution in [3.63, 3.8) is 0 Å². The maximum Gasteiger partial charge on any atom is 0.179 e. The van der Waals surface area contributed by atoms with Crippen LogP contribution in [0.3, 0.4) is 0 Å². The standard InChI is InChI=1S/C21H28INO2S/c1-17-11-13-21(14-12-17)26(24,25)16-20(22)10-6-7-15-23-18(2)19-8-4-3-5-9-19/h3-5,8-9,11-14,18,20,23H,6-7,10,15-16H2,1-2H3/t18-,20?/m1/s1. The number of benzene rings is 2. The van der Waals surface area contributed by atoms with Crippen LogP contribution in [-0.4, -0.2) is 24.6 Å². The SMILES string of the molecule is Cc1ccc(S(=O)(=O)CC(I)CCCCN[C@H](C)c2ccccc2)cc1. The molecule has 0 aromatic heterocycles. The van der Waals surface area contributed by atoms with Crippen LogP contribution in [-0.2, 0) is 9.84 Å². The fourth-order valence-corrected chi connectivity index (χ4v) is 6.08. The summed E-state index contributed by atoms with van der Waals surface area (Å²) in [6, 6.07) is 17.9. The highest BCUT2D eigenvalue weighted by Crippen LogP contribution is 2.19. The maximum atomic E-state index is 12.5. The van der Waals surface area contributed by atoms with Crippen LogP contribution >= 0.6 is 22.6 Å². The number of hydrogen-bond donors (Lipinski definition) is 1. The predicted molar refractivity (Wildman–Crippen MR) is 118 cm³/mol. The van der Waals surface area contributed by atoms with Crippen LogP contribution in [0.25, 0.3) is 0 Å². The van der Waals surface area contributed by atoms with Gasteiger partial charge in [-0.3, -0.25) is 0 Å². The molecule has 0 saturated heterocycles. The van der Waals surface area contributed by atoms with Crippen molar-refractivity contribution >= 4 is 32.4 Å². The Hall–Kier alpha value is -0.920. The normalized spacial score (nSPS) is 14.1. The van der Waals surface area contributed by atoms with E-state index in [1.165, 1.54) is 5.56 Å². The second-order valence-electron chi connectivity index (χ2n) is 6.77. The lowest BCUT2D eigenvalue weighted by Crippen LogP contribution is -2.20. The molecule has 1 N–H and O–H groups in total. The van der Waals surface area contributed by atoms with Crippen molar-refractivity contribution in [1.29, 1.82) is 0 Å². The van der Waals surface area contributed by atoms with Gasteiger partial charge in [0, 0.05) is 9.97 Å². The zero-order chi connectivity index (χ0) is 19.0. The molecular weight excluding hydrogens is 457 g/mol. The summed E-state index contributed by atoms with van der Waals surface area (Å²) < 4.78 is 25.1. The van der Waals surface area contributed by atoms with E-state index < -0.39 is 9.84 Å². The van der Waals surface area contributed by atoms with Gasteiger partial charge >= 0.3 is 0 Å². The maximum absolute atomic E-state index is 12.5. The second-order valence-corrected chi connectivity index (χ2v) is 10.6. The first-order valence-electron chi connectivity index (χ1n) is 9.10. The summed E-state index contributed by atoms with van der Waals surface area (Å²) in [4.78, 5) is 0.433. The van der Waals surface area contributed by atoms with Gasteiger partial charge in [0.25, 0.3) is 0 Å². The highest BCUT2D eigenvalue weighted by molar-refractivity contribution is 14.1. The molecule has 0 spiro atoms. The van der Waals surface area contributed by atoms with E-state index in [1.807, 2.05) is 25.1 Å². The van der Waals surface area contributed by atoms with Crippen molar-refractivity contribution in [2.24, 2.45) is 0 Å². The zero-order valence-electron chi connectivity index (χ0n) is 15.5. The molecule has 0 bridgehead atoms. The van der Waals surface area contributed by atoms with E-state index >= 15 is 0 Å². The quantitative estimate of drug-likeness (QED) is 0.290. The van der Waals surface area contributed by atoms with Crippen molar-refractivity contribution in [3.05, 3.63) is 65.7 Å². The highest BCUT2D eigenvalue weighted by Gasteiger charge is 2.19.